The molecule has 0 N–H and O–H groups in total. The van der Waals surface area contributed by atoms with E-state index in [1.165, 1.54) is 12.1 Å². The van der Waals surface area contributed by atoms with Crippen LogP contribution in [0.5, 0.6) is 0 Å². The lowest BCUT2D eigenvalue weighted by molar-refractivity contribution is 0.0970. The highest BCUT2D eigenvalue weighted by molar-refractivity contribution is 5.99. The SMILES string of the molecule is Cc1nc(N2CCN(c3ccc(F)cc3)CC2)nc2c1C(=O)CCC2. The normalized spacial score (nSPS) is 17.6. The summed E-state index contributed by atoms with van der Waals surface area (Å²) in [7, 11) is 0. The van der Waals surface area contributed by atoms with Crippen molar-refractivity contribution in [3.05, 3.63) is 47.0 Å². The van der Waals surface area contributed by atoms with Crippen molar-refractivity contribution in [2.75, 3.05) is 36.0 Å². The van der Waals surface area contributed by atoms with Crippen LogP contribution in [0.25, 0.3) is 0 Å². The van der Waals surface area contributed by atoms with E-state index >= 15 is 0 Å². The molecule has 2 heterocycles. The van der Waals surface area contributed by atoms with Gasteiger partial charge in [0.25, 0.3) is 0 Å². The Morgan fingerprint density at radius 1 is 0.960 bits per heavy atom. The highest BCUT2D eigenvalue weighted by atomic mass is 19.1. The minimum absolute atomic E-state index is 0.173. The molecule has 0 bridgehead atoms. The van der Waals surface area contributed by atoms with Crippen LogP contribution in [0.3, 0.4) is 0 Å². The Morgan fingerprint density at radius 2 is 1.64 bits per heavy atom. The fourth-order valence-electron chi connectivity index (χ4n) is 3.66. The monoisotopic (exact) mass is 340 g/mol. The van der Waals surface area contributed by atoms with Crippen LogP contribution in [0.2, 0.25) is 0 Å². The minimum atomic E-state index is -0.213. The molecule has 4 rings (SSSR count). The maximum atomic E-state index is 13.1. The molecule has 0 saturated carbocycles. The molecule has 2 aliphatic rings. The maximum Gasteiger partial charge on any atom is 0.225 e. The quantitative estimate of drug-likeness (QED) is 0.841. The number of hydrogen-bond donors (Lipinski definition) is 0. The van der Waals surface area contributed by atoms with Crippen LogP contribution in [0, 0.1) is 12.7 Å². The number of piperazine rings is 1. The standard InChI is InChI=1S/C19H21FN4O/c1-13-18-16(3-2-4-17(18)25)22-19(21-13)24-11-9-23(10-12-24)15-7-5-14(20)6-8-15/h5-8H,2-4,9-12H2,1H3. The first kappa shape index (κ1) is 16.0. The molecule has 25 heavy (non-hydrogen) atoms. The maximum absolute atomic E-state index is 13.1. The number of ketones is 1. The first-order valence-corrected chi connectivity index (χ1v) is 8.78. The van der Waals surface area contributed by atoms with Crippen LogP contribution in [-0.4, -0.2) is 41.9 Å². The van der Waals surface area contributed by atoms with Gasteiger partial charge in [0.1, 0.15) is 5.82 Å². The Balaban J connectivity index is 1.50. The minimum Gasteiger partial charge on any atom is -0.368 e. The molecule has 1 aliphatic heterocycles. The molecule has 5 nitrogen and oxygen atoms in total. The van der Waals surface area contributed by atoms with Crippen molar-refractivity contribution in [1.82, 2.24) is 9.97 Å². The number of aryl methyl sites for hydroxylation is 2. The second-order valence-electron chi connectivity index (χ2n) is 6.66. The van der Waals surface area contributed by atoms with E-state index < -0.39 is 0 Å². The number of nitrogens with zero attached hydrogens (tertiary/aromatic N) is 4. The third-order valence-electron chi connectivity index (χ3n) is 5.00. The lowest BCUT2D eigenvalue weighted by Crippen LogP contribution is -2.47. The van der Waals surface area contributed by atoms with Gasteiger partial charge in [0.2, 0.25) is 5.95 Å². The zero-order valence-electron chi connectivity index (χ0n) is 14.3. The molecule has 130 valence electrons. The van der Waals surface area contributed by atoms with E-state index in [9.17, 15) is 9.18 Å². The van der Waals surface area contributed by atoms with E-state index in [-0.39, 0.29) is 11.6 Å². The number of Topliss-reactive ketones (excluding diaryl/α,β-unsaturated/α-hetero) is 1. The fraction of sp³-hybridized carbons (Fsp3) is 0.421. The molecule has 0 amide bonds. The van der Waals surface area contributed by atoms with Gasteiger partial charge in [-0.3, -0.25) is 4.79 Å². The van der Waals surface area contributed by atoms with Crippen molar-refractivity contribution in [3.63, 3.8) is 0 Å². The van der Waals surface area contributed by atoms with Gasteiger partial charge in [0.15, 0.2) is 5.78 Å². The van der Waals surface area contributed by atoms with Gasteiger partial charge < -0.3 is 9.80 Å². The summed E-state index contributed by atoms with van der Waals surface area (Å²) in [4.78, 5) is 25.8. The molecule has 6 heteroatoms. The summed E-state index contributed by atoms with van der Waals surface area (Å²) in [6.07, 6.45) is 2.33. The molecule has 2 aromatic rings. The zero-order valence-corrected chi connectivity index (χ0v) is 14.3. The summed E-state index contributed by atoms with van der Waals surface area (Å²) in [6, 6.07) is 6.62. The molecular weight excluding hydrogens is 319 g/mol. The van der Waals surface area contributed by atoms with Gasteiger partial charge in [0.05, 0.1) is 17.0 Å². The summed E-state index contributed by atoms with van der Waals surface area (Å²) >= 11 is 0. The highest BCUT2D eigenvalue weighted by Gasteiger charge is 2.25. The molecule has 1 fully saturated rings. The summed E-state index contributed by atoms with van der Waals surface area (Å²) in [6.45, 7) is 5.20. The molecule has 0 spiro atoms. The van der Waals surface area contributed by atoms with Gasteiger partial charge >= 0.3 is 0 Å². The highest BCUT2D eigenvalue weighted by Crippen LogP contribution is 2.25. The fourth-order valence-corrected chi connectivity index (χ4v) is 3.66. The van der Waals surface area contributed by atoms with Crippen molar-refractivity contribution in [2.24, 2.45) is 0 Å². The second-order valence-corrected chi connectivity index (χ2v) is 6.66. The van der Waals surface area contributed by atoms with Crippen LogP contribution in [0.15, 0.2) is 24.3 Å². The number of hydrogen-bond acceptors (Lipinski definition) is 5. The number of benzene rings is 1. The van der Waals surface area contributed by atoms with Crippen LogP contribution >= 0.6 is 0 Å². The third-order valence-corrected chi connectivity index (χ3v) is 5.00. The van der Waals surface area contributed by atoms with Gasteiger partial charge in [0, 0.05) is 38.3 Å². The zero-order chi connectivity index (χ0) is 17.4. The summed E-state index contributed by atoms with van der Waals surface area (Å²) in [5.41, 5.74) is 3.47. The van der Waals surface area contributed by atoms with Crippen molar-refractivity contribution in [2.45, 2.75) is 26.2 Å². The van der Waals surface area contributed by atoms with Crippen LogP contribution < -0.4 is 9.80 Å². The van der Waals surface area contributed by atoms with Crippen LogP contribution in [0.1, 0.15) is 34.6 Å². The van der Waals surface area contributed by atoms with E-state index in [0.29, 0.717) is 6.42 Å². The average molecular weight is 340 g/mol. The molecule has 1 aliphatic carbocycles. The number of aromatic nitrogens is 2. The molecule has 0 unspecified atom stereocenters. The molecule has 1 aromatic heterocycles. The van der Waals surface area contributed by atoms with Crippen molar-refractivity contribution >= 4 is 17.4 Å². The number of halogens is 1. The Kier molecular flexibility index (Phi) is 4.11. The second kappa shape index (κ2) is 6.43. The predicted octanol–water partition coefficient (Wildman–Crippen LogP) is 2.77. The molecule has 0 radical (unpaired) electrons. The lowest BCUT2D eigenvalue weighted by Gasteiger charge is -2.36. The van der Waals surface area contributed by atoms with Gasteiger partial charge in [-0.05, 0) is 44.0 Å². The molecule has 1 saturated heterocycles. The number of rotatable bonds is 2. The number of fused-ring (bicyclic) bond motifs is 1. The van der Waals surface area contributed by atoms with E-state index in [4.69, 9.17) is 0 Å². The predicted molar refractivity (Wildman–Crippen MR) is 94.9 cm³/mol. The molecule has 1 aromatic carbocycles. The Morgan fingerprint density at radius 3 is 2.36 bits per heavy atom. The van der Waals surface area contributed by atoms with Crippen LogP contribution in [0.4, 0.5) is 16.0 Å². The smallest absolute Gasteiger partial charge is 0.225 e. The summed E-state index contributed by atoms with van der Waals surface area (Å²) < 4.78 is 13.1. The van der Waals surface area contributed by atoms with Gasteiger partial charge in [-0.15, -0.1) is 0 Å². The van der Waals surface area contributed by atoms with Crippen LogP contribution in [-0.2, 0) is 6.42 Å². The lowest BCUT2D eigenvalue weighted by atomic mass is 9.94. The number of carbonyl (C=O) groups excluding carboxylic acids is 1. The average Bonchev–Trinajstić information content (AvgIpc) is 2.62. The molecular formula is C19H21FN4O. The van der Waals surface area contributed by atoms with Gasteiger partial charge in [-0.2, -0.15) is 0 Å². The Labute approximate surface area is 146 Å². The van der Waals surface area contributed by atoms with E-state index in [1.54, 1.807) is 0 Å². The largest absolute Gasteiger partial charge is 0.368 e. The number of anilines is 2. The first-order valence-electron chi connectivity index (χ1n) is 8.78. The van der Waals surface area contributed by atoms with Gasteiger partial charge in [-0.25, -0.2) is 14.4 Å². The van der Waals surface area contributed by atoms with E-state index in [0.717, 1.165) is 67.6 Å². The van der Waals surface area contributed by atoms with Crippen molar-refractivity contribution in [1.29, 1.82) is 0 Å². The van der Waals surface area contributed by atoms with Crippen molar-refractivity contribution in [3.8, 4) is 0 Å². The van der Waals surface area contributed by atoms with E-state index in [1.807, 2.05) is 19.1 Å². The summed E-state index contributed by atoms with van der Waals surface area (Å²) in [5, 5.41) is 0. The molecule has 0 atom stereocenters. The Hall–Kier alpha value is -2.50. The number of carbonyl (C=O) groups is 1. The Bertz CT molecular complexity index is 798. The first-order chi connectivity index (χ1) is 12.1. The van der Waals surface area contributed by atoms with Gasteiger partial charge in [-0.1, -0.05) is 0 Å². The topological polar surface area (TPSA) is 49.3 Å². The third kappa shape index (κ3) is 3.08. The van der Waals surface area contributed by atoms with Crippen molar-refractivity contribution < 1.29 is 9.18 Å². The van der Waals surface area contributed by atoms with E-state index in [2.05, 4.69) is 19.8 Å². The summed E-state index contributed by atoms with van der Waals surface area (Å²) in [5.74, 6) is 0.686.